The molecule has 1 aromatic heterocycles. The summed E-state index contributed by atoms with van der Waals surface area (Å²) < 4.78 is 0. The third-order valence-electron chi connectivity index (χ3n) is 4.18. The summed E-state index contributed by atoms with van der Waals surface area (Å²) in [5.41, 5.74) is 9.09. The molecule has 0 radical (unpaired) electrons. The van der Waals surface area contributed by atoms with E-state index in [4.69, 9.17) is 5.73 Å². The number of H-pyrrole nitrogens is 1. The van der Waals surface area contributed by atoms with Crippen LogP contribution < -0.4 is 5.73 Å². The number of carbonyl (C=O) groups is 1. The highest BCUT2D eigenvalue weighted by Gasteiger charge is 2.24. The summed E-state index contributed by atoms with van der Waals surface area (Å²) in [6.07, 6.45) is 3.69. The van der Waals surface area contributed by atoms with Crippen LogP contribution in [0.4, 0.5) is 0 Å². The molecule has 1 aromatic carbocycles. The summed E-state index contributed by atoms with van der Waals surface area (Å²) >= 11 is 0. The number of fused-ring (bicyclic) bond motifs is 1. The lowest BCUT2D eigenvalue weighted by molar-refractivity contribution is -0.118. The van der Waals surface area contributed by atoms with Gasteiger partial charge < -0.3 is 10.7 Å². The molecule has 0 spiro atoms. The van der Waals surface area contributed by atoms with Crippen LogP contribution in [0, 0.1) is 12.8 Å². The highest BCUT2D eigenvalue weighted by atomic mass is 16.1. The average Bonchev–Trinajstić information content (AvgIpc) is 2.97. The van der Waals surface area contributed by atoms with Gasteiger partial charge in [-0.25, -0.2) is 0 Å². The summed E-state index contributed by atoms with van der Waals surface area (Å²) in [4.78, 5) is 16.7. The molecule has 0 aliphatic carbocycles. The Labute approximate surface area is 118 Å². The van der Waals surface area contributed by atoms with Gasteiger partial charge in [-0.3, -0.25) is 9.69 Å². The Morgan fingerprint density at radius 2 is 2.35 bits per heavy atom. The molecule has 1 saturated heterocycles. The van der Waals surface area contributed by atoms with Gasteiger partial charge in [0.1, 0.15) is 0 Å². The number of amides is 1. The van der Waals surface area contributed by atoms with E-state index in [9.17, 15) is 4.79 Å². The standard InChI is InChI=1S/C16H21N3O/c1-11-2-3-14-13(8-18-15(14)6-11)10-19-5-4-12(9-19)7-16(17)20/h2-3,6,8,12,18H,4-5,7,9-10H2,1H3,(H2,17,20). The van der Waals surface area contributed by atoms with Crippen molar-refractivity contribution in [2.75, 3.05) is 13.1 Å². The minimum absolute atomic E-state index is 0.181. The number of aryl methyl sites for hydroxylation is 1. The third-order valence-corrected chi connectivity index (χ3v) is 4.18. The van der Waals surface area contributed by atoms with Gasteiger partial charge in [-0.1, -0.05) is 12.1 Å². The van der Waals surface area contributed by atoms with Gasteiger partial charge in [0, 0.05) is 36.6 Å². The van der Waals surface area contributed by atoms with E-state index in [1.165, 1.54) is 22.0 Å². The van der Waals surface area contributed by atoms with Crippen LogP contribution in [-0.2, 0) is 11.3 Å². The Hall–Kier alpha value is -1.81. The zero-order chi connectivity index (χ0) is 14.1. The van der Waals surface area contributed by atoms with Crippen LogP contribution in [0.2, 0.25) is 0 Å². The maximum atomic E-state index is 11.0. The summed E-state index contributed by atoms with van der Waals surface area (Å²) in [5, 5.41) is 1.30. The summed E-state index contributed by atoms with van der Waals surface area (Å²) in [7, 11) is 0. The van der Waals surface area contributed by atoms with Gasteiger partial charge in [-0.15, -0.1) is 0 Å². The number of rotatable bonds is 4. The molecule has 1 aliphatic rings. The van der Waals surface area contributed by atoms with E-state index in [1.54, 1.807) is 0 Å². The van der Waals surface area contributed by atoms with Crippen LogP contribution in [-0.4, -0.2) is 28.9 Å². The lowest BCUT2D eigenvalue weighted by atomic mass is 10.1. The molecule has 3 N–H and O–H groups in total. The van der Waals surface area contributed by atoms with Crippen LogP contribution >= 0.6 is 0 Å². The SMILES string of the molecule is Cc1ccc2c(CN3CCC(CC(N)=O)C3)c[nH]c2c1. The largest absolute Gasteiger partial charge is 0.370 e. The number of nitrogens with one attached hydrogen (secondary N) is 1. The second kappa shape index (κ2) is 5.29. The second-order valence-corrected chi connectivity index (χ2v) is 5.92. The second-order valence-electron chi connectivity index (χ2n) is 5.92. The Morgan fingerprint density at radius 1 is 1.50 bits per heavy atom. The lowest BCUT2D eigenvalue weighted by Gasteiger charge is -2.15. The summed E-state index contributed by atoms with van der Waals surface area (Å²) in [5.74, 6) is 0.249. The van der Waals surface area contributed by atoms with Crippen molar-refractivity contribution in [3.63, 3.8) is 0 Å². The predicted octanol–water partition coefficient (Wildman–Crippen LogP) is 2.17. The van der Waals surface area contributed by atoms with E-state index < -0.39 is 0 Å². The molecular weight excluding hydrogens is 250 g/mol. The topological polar surface area (TPSA) is 62.1 Å². The van der Waals surface area contributed by atoms with Crippen LogP contribution in [0.3, 0.4) is 0 Å². The number of primary amides is 1. The molecule has 1 aliphatic heterocycles. The van der Waals surface area contributed by atoms with E-state index in [-0.39, 0.29) is 5.91 Å². The maximum Gasteiger partial charge on any atom is 0.217 e. The number of nitrogens with zero attached hydrogens (tertiary/aromatic N) is 1. The molecular formula is C16H21N3O. The Bertz CT molecular complexity index is 632. The first kappa shape index (κ1) is 13.2. The quantitative estimate of drug-likeness (QED) is 0.895. The molecule has 4 nitrogen and oxygen atoms in total. The maximum absolute atomic E-state index is 11.0. The zero-order valence-corrected chi connectivity index (χ0v) is 11.9. The van der Waals surface area contributed by atoms with Crippen molar-refractivity contribution in [3.05, 3.63) is 35.5 Å². The molecule has 0 saturated carbocycles. The summed E-state index contributed by atoms with van der Waals surface area (Å²) in [6.45, 7) is 5.07. The molecule has 0 bridgehead atoms. The Balaban J connectivity index is 1.70. The van der Waals surface area contributed by atoms with Crippen molar-refractivity contribution in [1.29, 1.82) is 0 Å². The molecule has 2 heterocycles. The smallest absolute Gasteiger partial charge is 0.217 e. The minimum Gasteiger partial charge on any atom is -0.370 e. The van der Waals surface area contributed by atoms with E-state index >= 15 is 0 Å². The van der Waals surface area contributed by atoms with Crippen molar-refractivity contribution < 1.29 is 4.79 Å². The van der Waals surface area contributed by atoms with Gasteiger partial charge in [-0.2, -0.15) is 0 Å². The number of aromatic amines is 1. The monoisotopic (exact) mass is 271 g/mol. The van der Waals surface area contributed by atoms with E-state index in [0.717, 1.165) is 26.1 Å². The zero-order valence-electron chi connectivity index (χ0n) is 11.9. The van der Waals surface area contributed by atoms with Crippen molar-refractivity contribution >= 4 is 16.8 Å². The number of hydrogen-bond acceptors (Lipinski definition) is 2. The lowest BCUT2D eigenvalue weighted by Crippen LogP contribution is -2.22. The Morgan fingerprint density at radius 3 is 3.15 bits per heavy atom. The van der Waals surface area contributed by atoms with Crippen LogP contribution in [0.1, 0.15) is 24.0 Å². The molecule has 3 rings (SSSR count). The minimum atomic E-state index is -0.181. The predicted molar refractivity (Wildman–Crippen MR) is 80.2 cm³/mol. The molecule has 1 unspecified atom stereocenters. The highest BCUT2D eigenvalue weighted by Crippen LogP contribution is 2.25. The van der Waals surface area contributed by atoms with Gasteiger partial charge in [0.15, 0.2) is 0 Å². The van der Waals surface area contributed by atoms with Crippen molar-refractivity contribution in [2.24, 2.45) is 11.7 Å². The van der Waals surface area contributed by atoms with E-state index in [0.29, 0.717) is 12.3 Å². The van der Waals surface area contributed by atoms with Crippen molar-refractivity contribution in [1.82, 2.24) is 9.88 Å². The van der Waals surface area contributed by atoms with Crippen LogP contribution in [0.25, 0.3) is 10.9 Å². The van der Waals surface area contributed by atoms with Crippen LogP contribution in [0.5, 0.6) is 0 Å². The first-order valence-corrected chi connectivity index (χ1v) is 7.19. The van der Waals surface area contributed by atoms with E-state index in [2.05, 4.69) is 41.2 Å². The molecule has 1 atom stereocenters. The molecule has 2 aromatic rings. The normalized spacial score (nSPS) is 19.8. The number of carbonyl (C=O) groups excluding carboxylic acids is 1. The first-order chi connectivity index (χ1) is 9.61. The Kier molecular flexibility index (Phi) is 3.49. The number of nitrogens with two attached hydrogens (primary N) is 1. The van der Waals surface area contributed by atoms with Crippen molar-refractivity contribution in [2.45, 2.75) is 26.3 Å². The van der Waals surface area contributed by atoms with Crippen LogP contribution in [0.15, 0.2) is 24.4 Å². The van der Waals surface area contributed by atoms with Gasteiger partial charge >= 0.3 is 0 Å². The highest BCUT2D eigenvalue weighted by molar-refractivity contribution is 5.83. The molecule has 106 valence electrons. The molecule has 1 amide bonds. The molecule has 1 fully saturated rings. The van der Waals surface area contributed by atoms with Gasteiger partial charge in [-0.05, 0) is 43.0 Å². The number of benzene rings is 1. The number of likely N-dealkylation sites (tertiary alicyclic amines) is 1. The summed E-state index contributed by atoms with van der Waals surface area (Å²) in [6, 6.07) is 6.52. The molecule has 20 heavy (non-hydrogen) atoms. The fourth-order valence-corrected chi connectivity index (χ4v) is 3.18. The third kappa shape index (κ3) is 2.70. The van der Waals surface area contributed by atoms with E-state index in [1.807, 2.05) is 0 Å². The van der Waals surface area contributed by atoms with Gasteiger partial charge in [0.05, 0.1) is 0 Å². The molecule has 4 heteroatoms. The first-order valence-electron chi connectivity index (χ1n) is 7.19. The fourth-order valence-electron chi connectivity index (χ4n) is 3.18. The number of aromatic nitrogens is 1. The average molecular weight is 271 g/mol. The number of hydrogen-bond donors (Lipinski definition) is 2. The van der Waals surface area contributed by atoms with Gasteiger partial charge in [0.25, 0.3) is 0 Å². The van der Waals surface area contributed by atoms with Gasteiger partial charge in [0.2, 0.25) is 5.91 Å². The van der Waals surface area contributed by atoms with Crippen molar-refractivity contribution in [3.8, 4) is 0 Å². The fraction of sp³-hybridized carbons (Fsp3) is 0.438.